The van der Waals surface area contributed by atoms with Crippen molar-refractivity contribution in [3.63, 3.8) is 0 Å². The van der Waals surface area contributed by atoms with Gasteiger partial charge >= 0.3 is 5.97 Å². The van der Waals surface area contributed by atoms with E-state index in [4.69, 9.17) is 28.4 Å². The number of hydrogen-bond acceptors (Lipinski definition) is 16. The largest absolute Gasteiger partial charge is 0.481 e. The number of ketones is 4. The average molecular weight is 1380 g/mol. The third-order valence-electron chi connectivity index (χ3n) is 18.7. The number of nitrogens with zero attached hydrogens (tertiary/aromatic N) is 2. The number of aliphatic carboxylic acids is 1. The smallest absolute Gasteiger partial charge is 0.309 e. The second kappa shape index (κ2) is 40.3. The lowest BCUT2D eigenvalue weighted by Gasteiger charge is -2.26. The van der Waals surface area contributed by atoms with Crippen molar-refractivity contribution in [1.82, 2.24) is 25.8 Å². The van der Waals surface area contributed by atoms with Gasteiger partial charge in [-0.1, -0.05) is 177 Å². The van der Waals surface area contributed by atoms with Gasteiger partial charge < -0.3 is 49.5 Å². The Hall–Kier alpha value is -8.44. The Morgan fingerprint density at radius 1 is 0.455 bits per heavy atom. The van der Waals surface area contributed by atoms with Crippen LogP contribution in [0, 0.1) is 17.8 Å². The maximum Gasteiger partial charge on any atom is 0.309 e. The van der Waals surface area contributed by atoms with Gasteiger partial charge in [-0.3, -0.25) is 48.2 Å². The van der Waals surface area contributed by atoms with Crippen LogP contribution in [0.2, 0.25) is 0 Å². The molecule has 0 unspecified atom stereocenters. The molecule has 4 fully saturated rings. The molecule has 4 N–H and O–H groups in total. The number of amides is 3. The Morgan fingerprint density at radius 2 is 0.812 bits per heavy atom. The number of carboxylic acids is 1. The van der Waals surface area contributed by atoms with Crippen LogP contribution < -0.4 is 16.0 Å². The van der Waals surface area contributed by atoms with E-state index < -0.39 is 53.0 Å². The number of epoxide rings is 2. The monoisotopic (exact) mass is 1380 g/mol. The minimum atomic E-state index is -1.09. The molecule has 20 nitrogen and oxygen atoms in total. The zero-order valence-corrected chi connectivity index (χ0v) is 59.2. The molecule has 0 aliphatic carbocycles. The lowest BCUT2D eigenvalue weighted by Crippen LogP contribution is -2.50. The van der Waals surface area contributed by atoms with Crippen LogP contribution in [0.15, 0.2) is 170 Å². The first-order valence-corrected chi connectivity index (χ1v) is 35.2. The van der Waals surface area contributed by atoms with E-state index in [1.165, 1.54) is 30.9 Å². The summed E-state index contributed by atoms with van der Waals surface area (Å²) in [5, 5.41) is 18.1. The molecule has 4 aliphatic heterocycles. The minimum absolute atomic E-state index is 0.0201. The highest BCUT2D eigenvalue weighted by molar-refractivity contribution is 5.98. The molecule has 0 spiro atoms. The average Bonchev–Trinajstić information content (AvgIpc) is 1.66. The second-order valence-corrected chi connectivity index (χ2v) is 27.1. The van der Waals surface area contributed by atoms with Crippen LogP contribution in [0.1, 0.15) is 91.0 Å². The number of carboxylic acid groups (broad SMARTS) is 1. The molecule has 20 heteroatoms. The van der Waals surface area contributed by atoms with Gasteiger partial charge in [0, 0.05) is 72.2 Å². The first-order valence-electron chi connectivity index (χ1n) is 35.2. The molecule has 0 aromatic heterocycles. The summed E-state index contributed by atoms with van der Waals surface area (Å²) in [6.45, 7) is 14.7. The lowest BCUT2D eigenvalue weighted by atomic mass is 9.90. The summed E-state index contributed by atoms with van der Waals surface area (Å²) in [5.41, 5.74) is 6.83. The van der Waals surface area contributed by atoms with Gasteiger partial charge in [-0.15, -0.1) is 0 Å². The van der Waals surface area contributed by atoms with E-state index >= 15 is 0 Å². The molecule has 4 aliphatic rings. The second-order valence-electron chi connectivity index (χ2n) is 27.1. The molecular weight excluding hydrogens is 1280 g/mol. The molecular formula is C81H101N5O15. The van der Waals surface area contributed by atoms with E-state index in [1.807, 2.05) is 172 Å². The summed E-state index contributed by atoms with van der Waals surface area (Å²) in [6, 6.07) is 52.5. The van der Waals surface area contributed by atoms with Gasteiger partial charge in [0.1, 0.15) is 11.2 Å². The van der Waals surface area contributed by atoms with Gasteiger partial charge in [-0.25, -0.2) is 0 Å². The molecule has 8 atom stereocenters. The molecule has 4 heterocycles. The predicted octanol–water partition coefficient (Wildman–Crippen LogP) is 8.19. The van der Waals surface area contributed by atoms with E-state index in [-0.39, 0.29) is 79.8 Å². The first-order chi connectivity index (χ1) is 48.8. The number of morpholine rings is 2. The fourth-order valence-electron chi connectivity index (χ4n) is 12.4. The van der Waals surface area contributed by atoms with Crippen LogP contribution in [0.5, 0.6) is 0 Å². The van der Waals surface area contributed by atoms with Crippen LogP contribution in [-0.4, -0.2) is 184 Å². The minimum Gasteiger partial charge on any atom is -0.481 e. The Bertz CT molecular complexity index is 3560. The zero-order chi connectivity index (χ0) is 72.0. The molecule has 10 rings (SSSR count). The summed E-state index contributed by atoms with van der Waals surface area (Å²) < 4.78 is 31.7. The standard InChI is InChI=1S/C40H49N3O7.C28H36N2O6.C13H16O2/c1-40(28-50-40)38(46)35(23-30-11-7-4-8-12-30)42-39(47)33(27-48-2)25-36(44)34(18-17-29-9-5-3-6-10-29)41-37(45)24-31-13-15-32(16-14-31)26-43-19-21-49-22-20-43;1-35-20-24(28(33)34)18-26(31)25(12-11-21-5-3-2-4-6-21)29-27(32)17-22-7-9-23(10-8-22)19-30-13-15-36-16-14-30;1-10(12(14)13(2)9-15-13)8-11-6-4-3-5-7-11/h3-16,33-35H,17-28H2,1-2H3,(H,41,45)(H,42,47);2-10,24-25H,11-20H2,1H3,(H,29,32)(H,33,34);3-7,10H,8-9H2,1-2H3/t33-,34-,35-,40+;24-,25-;10-,13+/m000/s1. The highest BCUT2D eigenvalue weighted by Gasteiger charge is 2.51. The van der Waals surface area contributed by atoms with E-state index in [0.717, 1.165) is 99.9 Å². The molecule has 0 radical (unpaired) electrons. The van der Waals surface area contributed by atoms with Gasteiger partial charge in [-0.2, -0.15) is 0 Å². The van der Waals surface area contributed by atoms with Crippen molar-refractivity contribution in [2.45, 2.75) is 127 Å². The highest BCUT2D eigenvalue weighted by atomic mass is 16.6. The topological polar surface area (TPSA) is 261 Å². The molecule has 540 valence electrons. The van der Waals surface area contributed by atoms with E-state index in [0.29, 0.717) is 45.3 Å². The van der Waals surface area contributed by atoms with E-state index in [1.54, 1.807) is 6.92 Å². The number of carbonyl (C=O) groups is 8. The van der Waals surface area contributed by atoms with Crippen molar-refractivity contribution < 1.29 is 71.9 Å². The fraction of sp³-hybridized carbons (Fsp3) is 0.457. The summed E-state index contributed by atoms with van der Waals surface area (Å²) in [6.07, 6.45) is 2.95. The molecule has 101 heavy (non-hydrogen) atoms. The number of nitrogens with one attached hydrogen (secondary N) is 3. The van der Waals surface area contributed by atoms with Crippen LogP contribution >= 0.6 is 0 Å². The number of hydrogen-bond donors (Lipinski definition) is 4. The van der Waals surface area contributed by atoms with Crippen molar-refractivity contribution in [2.75, 3.05) is 93.3 Å². The van der Waals surface area contributed by atoms with Crippen molar-refractivity contribution in [3.05, 3.63) is 214 Å². The number of Topliss-reactive ketones (excluding diaryl/α,β-unsaturated/α-hetero) is 4. The third-order valence-corrected chi connectivity index (χ3v) is 18.7. The van der Waals surface area contributed by atoms with E-state index in [9.17, 15) is 43.5 Å². The van der Waals surface area contributed by atoms with Crippen LogP contribution in [0.3, 0.4) is 0 Å². The van der Waals surface area contributed by atoms with E-state index in [2.05, 4.69) is 37.9 Å². The number of methoxy groups -OCH3 is 2. The Morgan fingerprint density at radius 3 is 1.20 bits per heavy atom. The van der Waals surface area contributed by atoms with Crippen LogP contribution in [0.4, 0.5) is 0 Å². The van der Waals surface area contributed by atoms with Gasteiger partial charge in [-0.05, 0) is 96.9 Å². The summed E-state index contributed by atoms with van der Waals surface area (Å²) in [7, 11) is 2.87. The van der Waals surface area contributed by atoms with Gasteiger partial charge in [0.25, 0.3) is 0 Å². The lowest BCUT2D eigenvalue weighted by molar-refractivity contribution is -0.146. The van der Waals surface area contributed by atoms with Gasteiger partial charge in [0.2, 0.25) is 17.7 Å². The first kappa shape index (κ1) is 78.3. The molecule has 4 saturated heterocycles. The summed E-state index contributed by atoms with van der Waals surface area (Å²) in [5.74, 6) is -4.39. The molecule has 3 amide bonds. The zero-order valence-electron chi connectivity index (χ0n) is 59.2. The molecule has 0 bridgehead atoms. The van der Waals surface area contributed by atoms with Crippen LogP contribution in [-0.2, 0) is 118 Å². The number of benzene rings is 6. The number of carbonyl (C=O) groups excluding carboxylic acids is 7. The normalized spacial score (nSPS) is 18.9. The SMILES string of the molecule is COC[C@H](CC(=O)[C@H](CCc1ccccc1)NC(=O)Cc1ccc(CN2CCOCC2)cc1)C(=O)N[C@@H](Cc1ccccc1)C(=O)[C@@]1(C)CO1.COC[C@H](CC(=O)[C@H](CCc1ccccc1)NC(=O)Cc1ccc(CN2CCOCC2)cc1)C(=O)O.C[C@@H](Cc1ccccc1)C(=O)[C@@]1(C)CO1. The number of aryl methyl sites for hydroxylation is 2. The van der Waals surface area contributed by atoms with Crippen molar-refractivity contribution in [3.8, 4) is 0 Å². The maximum atomic E-state index is 13.9. The van der Waals surface area contributed by atoms with Crippen molar-refractivity contribution >= 4 is 46.8 Å². The van der Waals surface area contributed by atoms with Crippen molar-refractivity contribution in [1.29, 1.82) is 0 Å². The van der Waals surface area contributed by atoms with Gasteiger partial charge in [0.15, 0.2) is 23.1 Å². The number of ether oxygens (including phenoxy) is 6. The molecule has 6 aromatic carbocycles. The predicted molar refractivity (Wildman–Crippen MR) is 384 cm³/mol. The molecule has 0 saturated carbocycles. The fourth-order valence-corrected chi connectivity index (χ4v) is 12.4. The summed E-state index contributed by atoms with van der Waals surface area (Å²) in [4.78, 5) is 108. The van der Waals surface area contributed by atoms with Crippen molar-refractivity contribution in [2.24, 2.45) is 17.8 Å². The Balaban J connectivity index is 0.000000220. The summed E-state index contributed by atoms with van der Waals surface area (Å²) >= 11 is 0. The van der Waals surface area contributed by atoms with Crippen LogP contribution in [0.25, 0.3) is 0 Å². The Kier molecular flexibility index (Phi) is 31.2. The third kappa shape index (κ3) is 26.8. The Labute approximate surface area is 594 Å². The highest BCUT2D eigenvalue weighted by Crippen LogP contribution is 2.32. The van der Waals surface area contributed by atoms with Gasteiger partial charge in [0.05, 0.1) is 95.7 Å². The number of rotatable bonds is 37. The molecule has 6 aromatic rings. The quantitative estimate of drug-likeness (QED) is 0.0268. The maximum absolute atomic E-state index is 13.9.